The smallest absolute Gasteiger partial charge is 0.157 e. The van der Waals surface area contributed by atoms with E-state index in [4.69, 9.17) is 9.73 Å². The third kappa shape index (κ3) is 3.73. The molecule has 0 radical (unpaired) electrons. The number of hydrogen-bond donors (Lipinski definition) is 1. The molecule has 1 aliphatic heterocycles. The summed E-state index contributed by atoms with van der Waals surface area (Å²) < 4.78 is 5.26. The van der Waals surface area contributed by atoms with Gasteiger partial charge in [-0.25, -0.2) is 0 Å². The molecule has 1 aromatic rings. The second kappa shape index (κ2) is 6.73. The molecule has 3 nitrogen and oxygen atoms in total. The molecule has 1 heterocycles. The number of ether oxygens (including phenoxy) is 1. The van der Waals surface area contributed by atoms with Gasteiger partial charge in [-0.3, -0.25) is 4.99 Å². The second-order valence-corrected chi connectivity index (χ2v) is 7.01. The Morgan fingerprint density at radius 3 is 2.95 bits per heavy atom. The Hall–Kier alpha value is -1.16. The lowest BCUT2D eigenvalue weighted by Crippen LogP contribution is -2.45. The summed E-state index contributed by atoms with van der Waals surface area (Å²) in [7, 11) is 1.71. The summed E-state index contributed by atoms with van der Waals surface area (Å²) in [6.07, 6.45) is 7.73. The van der Waals surface area contributed by atoms with Crippen molar-refractivity contribution in [1.29, 1.82) is 0 Å². The first-order valence-electron chi connectivity index (χ1n) is 7.88. The van der Waals surface area contributed by atoms with Crippen LogP contribution in [0.5, 0.6) is 5.75 Å². The predicted octanol–water partition coefficient (Wildman–Crippen LogP) is 3.63. The molecule has 2 aliphatic rings. The van der Waals surface area contributed by atoms with E-state index in [0.29, 0.717) is 5.54 Å². The van der Waals surface area contributed by atoms with Crippen LogP contribution in [0.3, 0.4) is 0 Å². The lowest BCUT2D eigenvalue weighted by molar-refractivity contribution is 0.303. The lowest BCUT2D eigenvalue weighted by atomic mass is 9.83. The molecule has 114 valence electrons. The number of methoxy groups -OCH3 is 1. The van der Waals surface area contributed by atoms with E-state index < -0.39 is 0 Å². The molecule has 1 N–H and O–H groups in total. The zero-order valence-electron chi connectivity index (χ0n) is 12.7. The number of thioether (sulfide) groups is 1. The molecular formula is C17H24N2OS. The van der Waals surface area contributed by atoms with Crippen molar-refractivity contribution in [2.24, 2.45) is 4.99 Å². The highest BCUT2D eigenvalue weighted by atomic mass is 32.2. The van der Waals surface area contributed by atoms with Gasteiger partial charge in [0.1, 0.15) is 5.75 Å². The Balaban J connectivity index is 1.52. The Morgan fingerprint density at radius 2 is 2.14 bits per heavy atom. The molecule has 1 aromatic carbocycles. The van der Waals surface area contributed by atoms with Crippen molar-refractivity contribution in [3.05, 3.63) is 29.8 Å². The van der Waals surface area contributed by atoms with Crippen LogP contribution in [-0.4, -0.2) is 30.1 Å². The molecule has 4 heteroatoms. The number of nitrogens with zero attached hydrogens (tertiary/aromatic N) is 1. The molecule has 1 spiro atoms. The van der Waals surface area contributed by atoms with Crippen LogP contribution in [0.25, 0.3) is 0 Å². The molecule has 0 unspecified atom stereocenters. The van der Waals surface area contributed by atoms with Gasteiger partial charge in [0, 0.05) is 17.8 Å². The van der Waals surface area contributed by atoms with Crippen molar-refractivity contribution in [3.63, 3.8) is 0 Å². The van der Waals surface area contributed by atoms with Gasteiger partial charge in [0.15, 0.2) is 5.17 Å². The first kappa shape index (κ1) is 14.8. The van der Waals surface area contributed by atoms with Crippen molar-refractivity contribution in [2.45, 2.75) is 44.1 Å². The fourth-order valence-corrected chi connectivity index (χ4v) is 4.45. The molecule has 0 aromatic heterocycles. The van der Waals surface area contributed by atoms with E-state index in [2.05, 4.69) is 17.4 Å². The maximum atomic E-state index is 5.26. The Labute approximate surface area is 131 Å². The summed E-state index contributed by atoms with van der Waals surface area (Å²) in [6.45, 7) is 0.846. The predicted molar refractivity (Wildman–Crippen MR) is 90.4 cm³/mol. The van der Waals surface area contributed by atoms with Crippen LogP contribution < -0.4 is 10.1 Å². The van der Waals surface area contributed by atoms with E-state index in [-0.39, 0.29) is 0 Å². The van der Waals surface area contributed by atoms with Crippen LogP contribution in [-0.2, 0) is 6.42 Å². The summed E-state index contributed by atoms with van der Waals surface area (Å²) >= 11 is 1.90. The number of benzene rings is 1. The minimum atomic E-state index is 0.359. The molecule has 0 amide bonds. The van der Waals surface area contributed by atoms with Gasteiger partial charge >= 0.3 is 0 Å². The van der Waals surface area contributed by atoms with E-state index >= 15 is 0 Å². The maximum absolute atomic E-state index is 5.26. The van der Waals surface area contributed by atoms with E-state index in [9.17, 15) is 0 Å². The Kier molecular flexibility index (Phi) is 4.73. The summed E-state index contributed by atoms with van der Waals surface area (Å²) in [5.74, 6) is 2.13. The van der Waals surface area contributed by atoms with Gasteiger partial charge in [0.25, 0.3) is 0 Å². The normalized spacial score (nSPS) is 22.4. The van der Waals surface area contributed by atoms with Gasteiger partial charge < -0.3 is 10.1 Å². The highest BCUT2D eigenvalue weighted by Crippen LogP contribution is 2.36. The quantitative estimate of drug-likeness (QED) is 0.922. The number of amidine groups is 1. The number of nitrogens with one attached hydrogen (secondary N) is 1. The summed E-state index contributed by atoms with van der Waals surface area (Å²) in [5, 5.41) is 4.86. The van der Waals surface area contributed by atoms with Gasteiger partial charge in [0.2, 0.25) is 0 Å². The van der Waals surface area contributed by atoms with Gasteiger partial charge in [-0.1, -0.05) is 43.2 Å². The zero-order valence-corrected chi connectivity index (χ0v) is 13.5. The van der Waals surface area contributed by atoms with Crippen molar-refractivity contribution < 1.29 is 4.74 Å². The van der Waals surface area contributed by atoms with Crippen LogP contribution in [0.2, 0.25) is 0 Å². The van der Waals surface area contributed by atoms with Crippen LogP contribution in [0.15, 0.2) is 29.3 Å². The van der Waals surface area contributed by atoms with Crippen molar-refractivity contribution in [1.82, 2.24) is 5.32 Å². The van der Waals surface area contributed by atoms with E-state index in [1.807, 2.05) is 23.9 Å². The molecule has 0 atom stereocenters. The highest BCUT2D eigenvalue weighted by Gasteiger charge is 2.37. The summed E-state index contributed by atoms with van der Waals surface area (Å²) in [4.78, 5) is 4.75. The van der Waals surface area contributed by atoms with Crippen LogP contribution in [0.1, 0.15) is 37.7 Å². The second-order valence-electron chi connectivity index (χ2n) is 6.04. The van der Waals surface area contributed by atoms with E-state index in [1.165, 1.54) is 43.4 Å². The van der Waals surface area contributed by atoms with Crippen LogP contribution in [0.4, 0.5) is 0 Å². The number of aliphatic imine (C=N–C) groups is 1. The number of rotatable bonds is 4. The summed E-state index contributed by atoms with van der Waals surface area (Å²) in [6, 6.07) is 8.26. The maximum Gasteiger partial charge on any atom is 0.157 e. The van der Waals surface area contributed by atoms with E-state index in [0.717, 1.165) is 23.9 Å². The van der Waals surface area contributed by atoms with Crippen molar-refractivity contribution in [3.8, 4) is 5.75 Å². The first-order valence-corrected chi connectivity index (χ1v) is 8.87. The fraction of sp³-hybridized carbons (Fsp3) is 0.588. The minimum Gasteiger partial charge on any atom is -0.497 e. The van der Waals surface area contributed by atoms with Crippen LogP contribution in [0, 0.1) is 0 Å². The standard InChI is InChI=1S/C17H24N2OS/c1-20-15-7-5-6-14(12-15)8-11-18-16-19-17(13-21-16)9-3-2-4-10-17/h5-7,12H,2-4,8-11,13H2,1H3,(H,18,19). The van der Waals surface area contributed by atoms with Crippen molar-refractivity contribution >= 4 is 16.9 Å². The first-order chi connectivity index (χ1) is 10.3. The molecular weight excluding hydrogens is 280 g/mol. The summed E-state index contributed by atoms with van der Waals surface area (Å²) in [5.41, 5.74) is 1.65. The Bertz CT molecular complexity index is 509. The molecule has 3 rings (SSSR count). The molecule has 1 saturated carbocycles. The molecule has 21 heavy (non-hydrogen) atoms. The topological polar surface area (TPSA) is 33.6 Å². The lowest BCUT2D eigenvalue weighted by Gasteiger charge is -2.32. The average molecular weight is 304 g/mol. The highest BCUT2D eigenvalue weighted by molar-refractivity contribution is 8.14. The SMILES string of the molecule is COc1cccc(CCN=C2NC3(CCCCC3)CS2)c1. The van der Waals surface area contributed by atoms with Crippen LogP contribution >= 0.6 is 11.8 Å². The minimum absolute atomic E-state index is 0.359. The molecule has 2 fully saturated rings. The molecule has 1 aliphatic carbocycles. The molecule has 1 saturated heterocycles. The number of hydrogen-bond acceptors (Lipinski definition) is 3. The fourth-order valence-electron chi connectivity index (χ4n) is 3.20. The third-order valence-electron chi connectivity index (χ3n) is 4.46. The van der Waals surface area contributed by atoms with Crippen molar-refractivity contribution in [2.75, 3.05) is 19.4 Å². The average Bonchev–Trinajstić information content (AvgIpc) is 2.91. The zero-order chi connectivity index (χ0) is 14.5. The van der Waals surface area contributed by atoms with E-state index in [1.54, 1.807) is 7.11 Å². The largest absolute Gasteiger partial charge is 0.497 e. The Morgan fingerprint density at radius 1 is 1.29 bits per heavy atom. The van der Waals surface area contributed by atoms with Gasteiger partial charge in [-0.2, -0.15) is 0 Å². The van der Waals surface area contributed by atoms with Gasteiger partial charge in [0.05, 0.1) is 7.11 Å². The van der Waals surface area contributed by atoms with Gasteiger partial charge in [-0.05, 0) is 37.0 Å². The monoisotopic (exact) mass is 304 g/mol. The third-order valence-corrected chi connectivity index (χ3v) is 5.66. The van der Waals surface area contributed by atoms with Gasteiger partial charge in [-0.15, -0.1) is 0 Å². The molecule has 0 bridgehead atoms.